The van der Waals surface area contributed by atoms with Gasteiger partial charge in [-0.2, -0.15) is 0 Å². The zero-order valence-electron chi connectivity index (χ0n) is 14.5. The van der Waals surface area contributed by atoms with Crippen molar-refractivity contribution in [2.24, 2.45) is 0 Å². The van der Waals surface area contributed by atoms with E-state index in [1.165, 1.54) is 11.3 Å². The minimum absolute atomic E-state index is 0.101. The molecule has 0 aliphatic heterocycles. The van der Waals surface area contributed by atoms with Gasteiger partial charge in [0.15, 0.2) is 0 Å². The summed E-state index contributed by atoms with van der Waals surface area (Å²) in [4.78, 5) is 40.2. The molecule has 3 rings (SSSR count). The van der Waals surface area contributed by atoms with Crippen molar-refractivity contribution in [3.63, 3.8) is 0 Å². The summed E-state index contributed by atoms with van der Waals surface area (Å²) in [7, 11) is 0. The number of carbonyl (C=O) groups is 1. The number of amides is 1. The van der Waals surface area contributed by atoms with Crippen LogP contribution >= 0.6 is 11.3 Å². The molecule has 9 heteroatoms. The highest BCUT2D eigenvalue weighted by Gasteiger charge is 2.21. The number of H-pyrrole nitrogens is 1. The summed E-state index contributed by atoms with van der Waals surface area (Å²) < 4.78 is 6.09. The smallest absolute Gasteiger partial charge is 0.328 e. The molecule has 0 atom stereocenters. The molecule has 3 heterocycles. The predicted octanol–water partition coefficient (Wildman–Crippen LogP) is 2.18. The van der Waals surface area contributed by atoms with Gasteiger partial charge in [0, 0.05) is 22.6 Å². The molecule has 0 bridgehead atoms. The SMILES string of the molecule is CC(C)(C)c1cc(NC(=O)c2c[nH]c(=O)n(Cc3cccs3)c2=O)on1. The number of carbonyl (C=O) groups excluding carboxylic acids is 1. The summed E-state index contributed by atoms with van der Waals surface area (Å²) in [6.45, 7) is 5.98. The van der Waals surface area contributed by atoms with Crippen molar-refractivity contribution >= 4 is 23.1 Å². The van der Waals surface area contributed by atoms with Crippen LogP contribution in [0.5, 0.6) is 0 Å². The second kappa shape index (κ2) is 6.75. The third-order valence-electron chi connectivity index (χ3n) is 3.71. The normalized spacial score (nSPS) is 11.5. The molecule has 2 N–H and O–H groups in total. The van der Waals surface area contributed by atoms with Crippen LogP contribution in [0.15, 0.2) is 43.9 Å². The van der Waals surface area contributed by atoms with Gasteiger partial charge in [0.25, 0.3) is 11.5 Å². The molecule has 0 radical (unpaired) electrons. The van der Waals surface area contributed by atoms with Crippen LogP contribution in [0.4, 0.5) is 5.88 Å². The molecule has 0 aliphatic rings. The van der Waals surface area contributed by atoms with Crippen LogP contribution in [0.2, 0.25) is 0 Å². The van der Waals surface area contributed by atoms with Crippen molar-refractivity contribution in [2.45, 2.75) is 32.7 Å². The number of anilines is 1. The summed E-state index contributed by atoms with van der Waals surface area (Å²) in [6.07, 6.45) is 1.10. The fourth-order valence-electron chi connectivity index (χ4n) is 2.24. The van der Waals surface area contributed by atoms with Crippen LogP contribution in [0.1, 0.15) is 41.7 Å². The Bertz CT molecular complexity index is 1040. The number of hydrogen-bond donors (Lipinski definition) is 2. The van der Waals surface area contributed by atoms with Crippen molar-refractivity contribution in [1.29, 1.82) is 0 Å². The molecular weight excluding hydrogens is 356 g/mol. The number of hydrogen-bond acceptors (Lipinski definition) is 6. The van der Waals surface area contributed by atoms with E-state index in [0.29, 0.717) is 5.69 Å². The molecule has 3 aromatic rings. The van der Waals surface area contributed by atoms with Crippen LogP contribution in [0, 0.1) is 0 Å². The minimum atomic E-state index is -0.678. The lowest BCUT2D eigenvalue weighted by Gasteiger charge is -2.12. The average molecular weight is 374 g/mol. The van der Waals surface area contributed by atoms with Crippen LogP contribution in [-0.2, 0) is 12.0 Å². The molecule has 0 saturated heterocycles. The first-order valence-corrected chi connectivity index (χ1v) is 8.77. The number of rotatable bonds is 4. The third kappa shape index (κ3) is 3.67. The first kappa shape index (κ1) is 17.9. The zero-order chi connectivity index (χ0) is 18.9. The number of aromatic nitrogens is 3. The Morgan fingerprint density at radius 3 is 2.77 bits per heavy atom. The molecule has 0 saturated carbocycles. The third-order valence-corrected chi connectivity index (χ3v) is 4.58. The van der Waals surface area contributed by atoms with Gasteiger partial charge < -0.3 is 9.51 Å². The Morgan fingerprint density at radius 1 is 1.38 bits per heavy atom. The highest BCUT2D eigenvalue weighted by Crippen LogP contribution is 2.23. The molecule has 3 aromatic heterocycles. The highest BCUT2D eigenvalue weighted by atomic mass is 32.1. The molecule has 8 nitrogen and oxygen atoms in total. The second-order valence-corrected chi connectivity index (χ2v) is 7.79. The fraction of sp³-hybridized carbons (Fsp3) is 0.294. The Balaban J connectivity index is 1.87. The van der Waals surface area contributed by atoms with Gasteiger partial charge in [-0.15, -0.1) is 11.3 Å². The topological polar surface area (TPSA) is 110 Å². The Morgan fingerprint density at radius 2 is 2.15 bits per heavy atom. The van der Waals surface area contributed by atoms with Crippen molar-refractivity contribution in [3.05, 3.63) is 66.7 Å². The monoisotopic (exact) mass is 374 g/mol. The van der Waals surface area contributed by atoms with Crippen LogP contribution in [0.25, 0.3) is 0 Å². The lowest BCUT2D eigenvalue weighted by molar-refractivity contribution is 0.102. The summed E-state index contributed by atoms with van der Waals surface area (Å²) in [5.41, 5.74) is -0.998. The second-order valence-electron chi connectivity index (χ2n) is 6.76. The lowest BCUT2D eigenvalue weighted by atomic mass is 9.92. The van der Waals surface area contributed by atoms with E-state index >= 15 is 0 Å². The average Bonchev–Trinajstić information content (AvgIpc) is 3.22. The quantitative estimate of drug-likeness (QED) is 0.727. The standard InChI is InChI=1S/C17H18N4O4S/c1-17(2,3)12-7-13(25-20-12)19-14(22)11-8-18-16(24)21(15(11)23)9-10-5-4-6-26-10/h4-8H,9H2,1-3H3,(H,18,24)(H,19,22). The molecule has 0 aliphatic carbocycles. The van der Waals surface area contributed by atoms with Crippen molar-refractivity contribution in [2.75, 3.05) is 5.32 Å². The van der Waals surface area contributed by atoms with E-state index in [1.54, 1.807) is 6.07 Å². The largest absolute Gasteiger partial charge is 0.338 e. The summed E-state index contributed by atoms with van der Waals surface area (Å²) in [6, 6.07) is 5.24. The van der Waals surface area contributed by atoms with Crippen LogP contribution in [-0.4, -0.2) is 20.6 Å². The molecule has 0 fully saturated rings. The van der Waals surface area contributed by atoms with Gasteiger partial charge in [0.05, 0.1) is 12.2 Å². The molecular formula is C17H18N4O4S. The maximum Gasteiger partial charge on any atom is 0.328 e. The van der Waals surface area contributed by atoms with Crippen molar-refractivity contribution in [1.82, 2.24) is 14.7 Å². The number of aromatic amines is 1. The van der Waals surface area contributed by atoms with E-state index in [0.717, 1.165) is 15.6 Å². The van der Waals surface area contributed by atoms with Gasteiger partial charge in [0.1, 0.15) is 5.56 Å². The fourth-order valence-corrected chi connectivity index (χ4v) is 2.94. The van der Waals surface area contributed by atoms with E-state index in [2.05, 4.69) is 15.5 Å². The molecule has 26 heavy (non-hydrogen) atoms. The summed E-state index contributed by atoms with van der Waals surface area (Å²) >= 11 is 1.42. The number of nitrogens with zero attached hydrogens (tertiary/aromatic N) is 2. The minimum Gasteiger partial charge on any atom is -0.338 e. The lowest BCUT2D eigenvalue weighted by Crippen LogP contribution is -2.39. The van der Waals surface area contributed by atoms with Gasteiger partial charge in [-0.3, -0.25) is 19.5 Å². The van der Waals surface area contributed by atoms with Crippen LogP contribution in [0.3, 0.4) is 0 Å². The van der Waals surface area contributed by atoms with Gasteiger partial charge in [-0.25, -0.2) is 4.79 Å². The molecule has 1 amide bonds. The van der Waals surface area contributed by atoms with E-state index in [9.17, 15) is 14.4 Å². The van der Waals surface area contributed by atoms with Crippen LogP contribution < -0.4 is 16.6 Å². The van der Waals surface area contributed by atoms with Gasteiger partial charge in [-0.1, -0.05) is 32.0 Å². The first-order valence-electron chi connectivity index (χ1n) is 7.89. The van der Waals surface area contributed by atoms with Crippen molar-refractivity contribution < 1.29 is 9.32 Å². The Kier molecular flexibility index (Phi) is 4.64. The number of thiophene rings is 1. The first-order chi connectivity index (χ1) is 12.3. The van der Waals surface area contributed by atoms with E-state index in [1.807, 2.05) is 38.3 Å². The van der Waals surface area contributed by atoms with E-state index < -0.39 is 17.2 Å². The molecule has 0 spiro atoms. The molecule has 0 aromatic carbocycles. The maximum absolute atomic E-state index is 12.6. The summed E-state index contributed by atoms with van der Waals surface area (Å²) in [5, 5.41) is 8.25. The van der Waals surface area contributed by atoms with Gasteiger partial charge in [0.2, 0.25) is 5.88 Å². The summed E-state index contributed by atoms with van der Waals surface area (Å²) in [5.74, 6) is -0.543. The van der Waals surface area contributed by atoms with E-state index in [-0.39, 0.29) is 23.4 Å². The van der Waals surface area contributed by atoms with Gasteiger partial charge in [-0.05, 0) is 11.4 Å². The zero-order valence-corrected chi connectivity index (χ0v) is 15.3. The van der Waals surface area contributed by atoms with Crippen molar-refractivity contribution in [3.8, 4) is 0 Å². The number of nitrogens with one attached hydrogen (secondary N) is 2. The maximum atomic E-state index is 12.6. The molecule has 0 unspecified atom stereocenters. The van der Waals surface area contributed by atoms with Gasteiger partial charge >= 0.3 is 5.69 Å². The molecule has 136 valence electrons. The Labute approximate surface area is 152 Å². The predicted molar refractivity (Wildman–Crippen MR) is 97.9 cm³/mol. The highest BCUT2D eigenvalue weighted by molar-refractivity contribution is 7.09. The Hall–Kier alpha value is -2.94. The van der Waals surface area contributed by atoms with E-state index in [4.69, 9.17) is 4.52 Å².